The maximum atomic E-state index is 12.4. The van der Waals surface area contributed by atoms with Gasteiger partial charge >= 0.3 is 11.8 Å². The van der Waals surface area contributed by atoms with Gasteiger partial charge in [-0.2, -0.15) is 0 Å². The van der Waals surface area contributed by atoms with Gasteiger partial charge in [0.15, 0.2) is 0 Å². The Balaban J connectivity index is 1.48. The molecule has 5 heteroatoms. The smallest absolute Gasteiger partial charge is 0.312 e. The van der Waals surface area contributed by atoms with Crippen LogP contribution in [0.3, 0.4) is 0 Å². The molecule has 0 bridgehead atoms. The molecule has 0 spiro atoms. The molecule has 0 aromatic heterocycles. The van der Waals surface area contributed by atoms with Crippen LogP contribution in [-0.2, 0) is 9.59 Å². The van der Waals surface area contributed by atoms with E-state index in [4.69, 9.17) is 0 Å². The Labute approximate surface area is 144 Å². The minimum Gasteiger partial charge on any atom is -0.368 e. The van der Waals surface area contributed by atoms with Crippen molar-refractivity contribution in [1.82, 2.24) is 10.2 Å². The summed E-state index contributed by atoms with van der Waals surface area (Å²) in [4.78, 5) is 28.6. The van der Waals surface area contributed by atoms with Crippen molar-refractivity contribution in [2.24, 2.45) is 0 Å². The van der Waals surface area contributed by atoms with Crippen molar-refractivity contribution in [2.75, 3.05) is 31.1 Å². The van der Waals surface area contributed by atoms with E-state index in [9.17, 15) is 9.59 Å². The lowest BCUT2D eigenvalue weighted by Crippen LogP contribution is -2.53. The van der Waals surface area contributed by atoms with Crippen LogP contribution >= 0.6 is 0 Å². The third kappa shape index (κ3) is 4.28. The number of amides is 2. The summed E-state index contributed by atoms with van der Waals surface area (Å²) >= 11 is 0. The molecule has 1 saturated carbocycles. The summed E-state index contributed by atoms with van der Waals surface area (Å²) < 4.78 is 0. The van der Waals surface area contributed by atoms with Gasteiger partial charge < -0.3 is 15.1 Å². The topological polar surface area (TPSA) is 52.7 Å². The lowest BCUT2D eigenvalue weighted by atomic mass is 10.1. The first-order chi connectivity index (χ1) is 11.7. The van der Waals surface area contributed by atoms with E-state index in [0.29, 0.717) is 13.1 Å². The number of carbonyl (C=O) groups is 2. The standard InChI is InChI=1S/C19H27N3O2/c23-18(20-16-8-4-1-2-5-9-16)19(24)22-14-12-21(13-15-22)17-10-6-3-7-11-17/h3,6-7,10-11,16H,1-2,4-5,8-9,12-15H2,(H,20,23). The number of para-hydroxylation sites is 1. The Morgan fingerprint density at radius 1 is 0.875 bits per heavy atom. The van der Waals surface area contributed by atoms with Crippen molar-refractivity contribution in [3.05, 3.63) is 30.3 Å². The summed E-state index contributed by atoms with van der Waals surface area (Å²) in [6, 6.07) is 10.4. The van der Waals surface area contributed by atoms with Crippen molar-refractivity contribution < 1.29 is 9.59 Å². The molecular formula is C19H27N3O2. The van der Waals surface area contributed by atoms with Crippen LogP contribution in [0, 0.1) is 0 Å². The first-order valence-electron chi connectivity index (χ1n) is 9.14. The summed E-state index contributed by atoms with van der Waals surface area (Å²) in [6.07, 6.45) is 6.77. The van der Waals surface area contributed by atoms with Crippen LogP contribution in [-0.4, -0.2) is 48.9 Å². The first-order valence-corrected chi connectivity index (χ1v) is 9.14. The van der Waals surface area contributed by atoms with Crippen LogP contribution in [0.4, 0.5) is 5.69 Å². The zero-order valence-corrected chi connectivity index (χ0v) is 14.2. The average Bonchev–Trinajstić information content (AvgIpc) is 2.90. The molecule has 2 aliphatic rings. The molecule has 2 fully saturated rings. The quantitative estimate of drug-likeness (QED) is 0.668. The van der Waals surface area contributed by atoms with Crippen LogP contribution in [0.5, 0.6) is 0 Å². The number of carbonyl (C=O) groups excluding carboxylic acids is 2. The van der Waals surface area contributed by atoms with Gasteiger partial charge in [0, 0.05) is 37.9 Å². The van der Waals surface area contributed by atoms with Crippen LogP contribution in [0.1, 0.15) is 38.5 Å². The Kier molecular flexibility index (Phi) is 5.72. The Morgan fingerprint density at radius 3 is 2.12 bits per heavy atom. The van der Waals surface area contributed by atoms with Crippen molar-refractivity contribution in [3.8, 4) is 0 Å². The molecule has 1 N–H and O–H groups in total. The van der Waals surface area contributed by atoms with Gasteiger partial charge in [-0.1, -0.05) is 43.9 Å². The van der Waals surface area contributed by atoms with Gasteiger partial charge in [-0.25, -0.2) is 0 Å². The molecule has 1 heterocycles. The van der Waals surface area contributed by atoms with E-state index in [0.717, 1.165) is 38.8 Å². The van der Waals surface area contributed by atoms with Crippen LogP contribution in [0.15, 0.2) is 30.3 Å². The summed E-state index contributed by atoms with van der Waals surface area (Å²) in [5.41, 5.74) is 1.17. The third-order valence-corrected chi connectivity index (χ3v) is 5.07. The molecule has 1 saturated heterocycles. The maximum Gasteiger partial charge on any atom is 0.312 e. The Morgan fingerprint density at radius 2 is 1.50 bits per heavy atom. The van der Waals surface area contributed by atoms with Crippen molar-refractivity contribution in [2.45, 2.75) is 44.6 Å². The molecule has 2 amide bonds. The van der Waals surface area contributed by atoms with Crippen LogP contribution < -0.4 is 10.2 Å². The van der Waals surface area contributed by atoms with Gasteiger partial charge in [-0.05, 0) is 25.0 Å². The van der Waals surface area contributed by atoms with Crippen molar-refractivity contribution in [1.29, 1.82) is 0 Å². The van der Waals surface area contributed by atoms with E-state index in [1.165, 1.54) is 18.5 Å². The number of hydrogen-bond acceptors (Lipinski definition) is 3. The van der Waals surface area contributed by atoms with Gasteiger partial charge in [0.1, 0.15) is 0 Å². The number of rotatable bonds is 2. The number of nitrogens with one attached hydrogen (secondary N) is 1. The predicted octanol–water partition coefficient (Wildman–Crippen LogP) is 2.17. The number of hydrogen-bond donors (Lipinski definition) is 1. The second-order valence-corrected chi connectivity index (χ2v) is 6.78. The predicted molar refractivity (Wildman–Crippen MR) is 94.9 cm³/mol. The molecule has 130 valence electrons. The van der Waals surface area contributed by atoms with Gasteiger partial charge in [0.2, 0.25) is 0 Å². The van der Waals surface area contributed by atoms with E-state index >= 15 is 0 Å². The summed E-state index contributed by atoms with van der Waals surface area (Å²) in [5, 5.41) is 2.96. The van der Waals surface area contributed by atoms with Gasteiger partial charge in [0.25, 0.3) is 0 Å². The van der Waals surface area contributed by atoms with E-state index in [-0.39, 0.29) is 11.9 Å². The molecule has 24 heavy (non-hydrogen) atoms. The average molecular weight is 329 g/mol. The van der Waals surface area contributed by atoms with E-state index in [2.05, 4.69) is 22.3 Å². The van der Waals surface area contributed by atoms with Gasteiger partial charge in [-0.15, -0.1) is 0 Å². The van der Waals surface area contributed by atoms with Crippen LogP contribution in [0.25, 0.3) is 0 Å². The SMILES string of the molecule is O=C(NC1CCCCCC1)C(=O)N1CCN(c2ccccc2)CC1. The highest BCUT2D eigenvalue weighted by molar-refractivity contribution is 6.35. The minimum absolute atomic E-state index is 0.176. The zero-order chi connectivity index (χ0) is 16.8. The van der Waals surface area contributed by atoms with Crippen LogP contribution in [0.2, 0.25) is 0 Å². The molecule has 3 rings (SSSR count). The highest BCUT2D eigenvalue weighted by Gasteiger charge is 2.27. The Hall–Kier alpha value is -2.04. The molecule has 1 aromatic carbocycles. The van der Waals surface area contributed by atoms with Crippen molar-refractivity contribution in [3.63, 3.8) is 0 Å². The molecule has 0 atom stereocenters. The monoisotopic (exact) mass is 329 g/mol. The maximum absolute atomic E-state index is 12.4. The minimum atomic E-state index is -0.421. The zero-order valence-electron chi connectivity index (χ0n) is 14.2. The highest BCUT2D eigenvalue weighted by Crippen LogP contribution is 2.18. The molecule has 1 aliphatic heterocycles. The normalized spacial score (nSPS) is 19.7. The van der Waals surface area contributed by atoms with E-state index in [1.807, 2.05) is 18.2 Å². The largest absolute Gasteiger partial charge is 0.368 e. The fourth-order valence-corrected chi connectivity index (χ4v) is 3.62. The number of nitrogens with zero attached hydrogens (tertiary/aromatic N) is 2. The number of anilines is 1. The lowest BCUT2D eigenvalue weighted by Gasteiger charge is -2.36. The molecule has 0 radical (unpaired) electrons. The van der Waals surface area contributed by atoms with Gasteiger partial charge in [0.05, 0.1) is 0 Å². The first kappa shape index (κ1) is 16.8. The summed E-state index contributed by atoms with van der Waals surface area (Å²) in [7, 11) is 0. The van der Waals surface area contributed by atoms with Gasteiger partial charge in [-0.3, -0.25) is 9.59 Å². The Bertz CT molecular complexity index is 545. The van der Waals surface area contributed by atoms with E-state index in [1.54, 1.807) is 4.90 Å². The number of benzene rings is 1. The third-order valence-electron chi connectivity index (χ3n) is 5.07. The molecule has 5 nitrogen and oxygen atoms in total. The summed E-state index contributed by atoms with van der Waals surface area (Å²) in [5.74, 6) is -0.790. The fourth-order valence-electron chi connectivity index (χ4n) is 3.62. The molecule has 1 aromatic rings. The molecule has 0 unspecified atom stereocenters. The van der Waals surface area contributed by atoms with E-state index < -0.39 is 5.91 Å². The van der Waals surface area contributed by atoms with Crippen molar-refractivity contribution >= 4 is 17.5 Å². The second-order valence-electron chi connectivity index (χ2n) is 6.78. The molecule has 1 aliphatic carbocycles. The summed E-state index contributed by atoms with van der Waals surface area (Å²) in [6.45, 7) is 2.75. The highest BCUT2D eigenvalue weighted by atomic mass is 16.2. The number of piperazine rings is 1. The molecular weight excluding hydrogens is 302 g/mol. The second kappa shape index (κ2) is 8.18. The lowest BCUT2D eigenvalue weighted by molar-refractivity contribution is -0.146. The fraction of sp³-hybridized carbons (Fsp3) is 0.579.